The first kappa shape index (κ1) is 16.2. The average molecular weight is 309 g/mol. The fourth-order valence-corrected chi connectivity index (χ4v) is 1.87. The van der Waals surface area contributed by atoms with Gasteiger partial charge in [-0.25, -0.2) is 0 Å². The van der Waals surface area contributed by atoms with Gasteiger partial charge >= 0.3 is 17.1 Å². The van der Waals surface area contributed by atoms with Crippen LogP contribution in [0, 0.1) is 10.1 Å². The number of allylic oxidation sites excluding steroid dienone is 8. The van der Waals surface area contributed by atoms with Crippen molar-refractivity contribution in [1.82, 2.24) is 0 Å². The van der Waals surface area contributed by atoms with E-state index >= 15 is 0 Å². The Morgan fingerprint density at radius 3 is 2.30 bits per heavy atom. The monoisotopic (exact) mass is 309 g/mol. The Balaban J connectivity index is 0.000000283. The van der Waals surface area contributed by atoms with E-state index in [1.165, 1.54) is 6.07 Å². The summed E-state index contributed by atoms with van der Waals surface area (Å²) in [7, 11) is 0. The minimum absolute atomic E-state index is 0. The van der Waals surface area contributed by atoms with Crippen LogP contribution in [0.1, 0.15) is 18.4 Å². The van der Waals surface area contributed by atoms with Gasteiger partial charge in [0.2, 0.25) is 0 Å². The number of nitro groups is 1. The second-order valence-corrected chi connectivity index (χ2v) is 4.22. The minimum Gasteiger partial charge on any atom is -0.258 e. The molecule has 4 heteroatoms. The van der Waals surface area contributed by atoms with E-state index in [4.69, 9.17) is 0 Å². The number of hydrogen-bond donors (Lipinski definition) is 0. The maximum Gasteiger partial charge on any atom is 2.00 e. The van der Waals surface area contributed by atoms with Gasteiger partial charge in [0.1, 0.15) is 0 Å². The van der Waals surface area contributed by atoms with Gasteiger partial charge in [-0.15, -0.1) is 0 Å². The van der Waals surface area contributed by atoms with E-state index in [2.05, 4.69) is 24.3 Å². The second kappa shape index (κ2) is 8.31. The van der Waals surface area contributed by atoms with Gasteiger partial charge in [0.25, 0.3) is 5.69 Å². The van der Waals surface area contributed by atoms with Gasteiger partial charge in [-0.05, 0) is 24.0 Å². The Bertz CT molecular complexity index is 576. The summed E-state index contributed by atoms with van der Waals surface area (Å²) in [4.78, 5) is 10.2. The van der Waals surface area contributed by atoms with Crippen molar-refractivity contribution in [2.24, 2.45) is 0 Å². The fourth-order valence-electron chi connectivity index (χ4n) is 1.87. The molecule has 3 nitrogen and oxygen atoms in total. The van der Waals surface area contributed by atoms with Crippen LogP contribution in [0.2, 0.25) is 0 Å². The van der Waals surface area contributed by atoms with Crippen molar-refractivity contribution >= 4 is 11.3 Å². The average Bonchev–Trinajstić information content (AvgIpc) is 3.15. The van der Waals surface area contributed by atoms with E-state index in [9.17, 15) is 10.1 Å². The molecule has 0 N–H and O–H groups in total. The SMILES string of the molecule is C1=CCC=C1.O=[N+]([O-])c1cccc(C2=CC=CC2)c1.[Fe+2]. The Labute approximate surface area is 129 Å². The molecule has 0 fully saturated rings. The molecule has 0 bridgehead atoms. The Morgan fingerprint density at radius 2 is 1.80 bits per heavy atom. The summed E-state index contributed by atoms with van der Waals surface area (Å²) in [6.45, 7) is 0. The van der Waals surface area contributed by atoms with Crippen LogP contribution in [0.4, 0.5) is 5.69 Å². The first-order valence-electron chi connectivity index (χ1n) is 6.19. The number of nitro benzene ring substituents is 1. The molecule has 3 rings (SSSR count). The Hall–Kier alpha value is -1.90. The molecule has 0 heterocycles. The van der Waals surface area contributed by atoms with Crippen molar-refractivity contribution in [3.05, 3.63) is 82.5 Å². The maximum atomic E-state index is 10.5. The third-order valence-electron chi connectivity index (χ3n) is 2.85. The predicted molar refractivity (Wildman–Crippen MR) is 77.7 cm³/mol. The van der Waals surface area contributed by atoms with Crippen molar-refractivity contribution in [3.63, 3.8) is 0 Å². The van der Waals surface area contributed by atoms with E-state index in [1.54, 1.807) is 12.1 Å². The van der Waals surface area contributed by atoms with Gasteiger partial charge < -0.3 is 0 Å². The molecule has 2 aliphatic carbocycles. The van der Waals surface area contributed by atoms with E-state index in [-0.39, 0.29) is 27.7 Å². The van der Waals surface area contributed by atoms with Crippen LogP contribution in [0.25, 0.3) is 5.57 Å². The number of hydrogen-bond acceptors (Lipinski definition) is 2. The van der Waals surface area contributed by atoms with Crippen molar-refractivity contribution in [2.45, 2.75) is 12.8 Å². The van der Waals surface area contributed by atoms with Crippen LogP contribution in [0.3, 0.4) is 0 Å². The molecule has 0 saturated heterocycles. The largest absolute Gasteiger partial charge is 2.00 e. The van der Waals surface area contributed by atoms with Gasteiger partial charge in [0, 0.05) is 12.1 Å². The minimum atomic E-state index is -0.369. The molecule has 0 saturated carbocycles. The van der Waals surface area contributed by atoms with Gasteiger partial charge in [0.15, 0.2) is 0 Å². The summed E-state index contributed by atoms with van der Waals surface area (Å²) in [6, 6.07) is 6.73. The van der Waals surface area contributed by atoms with Crippen LogP contribution in [-0.2, 0) is 17.1 Å². The molecule has 0 radical (unpaired) electrons. The predicted octanol–water partition coefficient (Wildman–Crippen LogP) is 4.44. The fraction of sp³-hybridized carbons (Fsp3) is 0.125. The summed E-state index contributed by atoms with van der Waals surface area (Å²) >= 11 is 0. The number of rotatable bonds is 2. The number of nitrogens with zero attached hydrogens (tertiary/aromatic N) is 1. The molecule has 1 aromatic carbocycles. The molecule has 0 aromatic heterocycles. The van der Waals surface area contributed by atoms with Crippen LogP contribution < -0.4 is 0 Å². The van der Waals surface area contributed by atoms with Crippen LogP contribution in [0.15, 0.2) is 66.8 Å². The van der Waals surface area contributed by atoms with Crippen molar-refractivity contribution in [1.29, 1.82) is 0 Å². The van der Waals surface area contributed by atoms with Crippen molar-refractivity contribution in [2.75, 3.05) is 0 Å². The third-order valence-corrected chi connectivity index (χ3v) is 2.85. The summed E-state index contributed by atoms with van der Waals surface area (Å²) in [5.41, 5.74) is 2.22. The third kappa shape index (κ3) is 4.65. The molecular weight excluding hydrogens is 294 g/mol. The summed E-state index contributed by atoms with van der Waals surface area (Å²) in [6.07, 6.45) is 16.3. The molecule has 2 aliphatic rings. The topological polar surface area (TPSA) is 43.1 Å². The summed E-state index contributed by atoms with van der Waals surface area (Å²) in [5.74, 6) is 0. The molecule has 0 spiro atoms. The molecule has 0 amide bonds. The second-order valence-electron chi connectivity index (χ2n) is 4.22. The van der Waals surface area contributed by atoms with Gasteiger partial charge in [0.05, 0.1) is 4.92 Å². The molecule has 20 heavy (non-hydrogen) atoms. The van der Waals surface area contributed by atoms with Crippen LogP contribution >= 0.6 is 0 Å². The zero-order valence-electron chi connectivity index (χ0n) is 10.9. The molecule has 0 aliphatic heterocycles. The standard InChI is InChI=1S/C11H9NO2.C5H6.Fe/c13-12(14)11-7-3-6-10(8-11)9-4-1-2-5-9;1-2-4-5-3-1;/h1-4,6-8H,5H2;1-4H,5H2;/q;;+2. The van der Waals surface area contributed by atoms with Crippen LogP contribution in [-0.4, -0.2) is 4.92 Å². The summed E-state index contributed by atoms with van der Waals surface area (Å²) < 4.78 is 0. The molecule has 1 aromatic rings. The number of non-ortho nitro benzene ring substituents is 1. The normalized spacial score (nSPS) is 14.3. The molecule has 0 unspecified atom stereocenters. The smallest absolute Gasteiger partial charge is 0.258 e. The van der Waals surface area contributed by atoms with E-state index in [0.717, 1.165) is 24.0 Å². The molecule has 102 valence electrons. The van der Waals surface area contributed by atoms with Crippen LogP contribution in [0.5, 0.6) is 0 Å². The Kier molecular flexibility index (Phi) is 6.71. The van der Waals surface area contributed by atoms with E-state index in [0.29, 0.717) is 0 Å². The number of benzene rings is 1. The quantitative estimate of drug-likeness (QED) is 0.460. The maximum absolute atomic E-state index is 10.5. The zero-order valence-corrected chi connectivity index (χ0v) is 12.0. The van der Waals surface area contributed by atoms with Gasteiger partial charge in [-0.3, -0.25) is 10.1 Å². The first-order chi connectivity index (χ1) is 9.27. The van der Waals surface area contributed by atoms with E-state index < -0.39 is 0 Å². The first-order valence-corrected chi connectivity index (χ1v) is 6.19. The van der Waals surface area contributed by atoms with Gasteiger partial charge in [-0.2, -0.15) is 0 Å². The zero-order chi connectivity index (χ0) is 13.5. The molecule has 0 atom stereocenters. The van der Waals surface area contributed by atoms with Gasteiger partial charge in [-0.1, -0.05) is 54.7 Å². The molecular formula is C16H15FeNO2+2. The van der Waals surface area contributed by atoms with E-state index in [1.807, 2.05) is 24.3 Å². The van der Waals surface area contributed by atoms with Crippen molar-refractivity contribution in [3.8, 4) is 0 Å². The van der Waals surface area contributed by atoms with Crippen molar-refractivity contribution < 1.29 is 22.0 Å². The summed E-state index contributed by atoms with van der Waals surface area (Å²) in [5, 5.41) is 10.5. The Morgan fingerprint density at radius 1 is 1.05 bits per heavy atom.